The molecular weight excluding hydrogens is 291 g/mol. The van der Waals surface area contributed by atoms with Gasteiger partial charge in [0.15, 0.2) is 0 Å². The number of carbonyl (C=O) groups is 1. The van der Waals surface area contributed by atoms with Crippen LogP contribution in [0.2, 0.25) is 5.15 Å². The minimum atomic E-state index is -0.0868. The Hall–Kier alpha value is -0.610. The van der Waals surface area contributed by atoms with Crippen LogP contribution in [-0.4, -0.2) is 28.4 Å². The van der Waals surface area contributed by atoms with Crippen molar-refractivity contribution >= 4 is 33.4 Å². The molecule has 0 saturated carbocycles. The monoisotopic (exact) mass is 304 g/mol. The van der Waals surface area contributed by atoms with Crippen LogP contribution in [-0.2, 0) is 0 Å². The fourth-order valence-electron chi connectivity index (χ4n) is 1.47. The second-order valence-electron chi connectivity index (χ2n) is 3.68. The Labute approximate surface area is 109 Å². The molecule has 0 unspecified atom stereocenters. The molecule has 3 nitrogen and oxygen atoms in total. The molecule has 0 fully saturated rings. The van der Waals surface area contributed by atoms with E-state index in [1.807, 2.05) is 20.8 Å². The van der Waals surface area contributed by atoms with E-state index in [0.29, 0.717) is 12.1 Å². The van der Waals surface area contributed by atoms with Gasteiger partial charge in [-0.25, -0.2) is 4.98 Å². The predicted octanol–water partition coefficient (Wildman–Crippen LogP) is 3.37. The molecule has 0 aliphatic heterocycles. The molecule has 0 saturated heterocycles. The van der Waals surface area contributed by atoms with Crippen LogP contribution in [0.4, 0.5) is 0 Å². The summed E-state index contributed by atoms with van der Waals surface area (Å²) in [7, 11) is 0. The highest BCUT2D eigenvalue weighted by atomic mass is 79.9. The number of nitrogens with zero attached hydrogens (tertiary/aromatic N) is 2. The van der Waals surface area contributed by atoms with E-state index < -0.39 is 0 Å². The van der Waals surface area contributed by atoms with Gasteiger partial charge in [0.2, 0.25) is 0 Å². The van der Waals surface area contributed by atoms with E-state index in [9.17, 15) is 4.79 Å². The number of hydrogen-bond donors (Lipinski definition) is 0. The van der Waals surface area contributed by atoms with Gasteiger partial charge in [-0.1, -0.05) is 11.6 Å². The zero-order valence-corrected chi connectivity index (χ0v) is 11.8. The zero-order valence-electron chi connectivity index (χ0n) is 9.50. The molecule has 0 aliphatic rings. The molecule has 0 atom stereocenters. The van der Waals surface area contributed by atoms with Crippen molar-refractivity contribution in [3.05, 3.63) is 27.5 Å². The van der Waals surface area contributed by atoms with E-state index >= 15 is 0 Å². The molecule has 0 spiro atoms. The summed E-state index contributed by atoms with van der Waals surface area (Å²) in [4.78, 5) is 17.9. The van der Waals surface area contributed by atoms with Gasteiger partial charge in [-0.05, 0) is 42.8 Å². The second-order valence-corrected chi connectivity index (χ2v) is 4.95. The number of hydrogen-bond acceptors (Lipinski definition) is 2. The maximum Gasteiger partial charge on any atom is 0.257 e. The van der Waals surface area contributed by atoms with Crippen molar-refractivity contribution in [3.63, 3.8) is 0 Å². The van der Waals surface area contributed by atoms with Gasteiger partial charge >= 0.3 is 0 Å². The van der Waals surface area contributed by atoms with Crippen molar-refractivity contribution in [2.45, 2.75) is 26.8 Å². The van der Waals surface area contributed by atoms with Crippen LogP contribution in [0.1, 0.15) is 31.1 Å². The van der Waals surface area contributed by atoms with Crippen LogP contribution in [0.25, 0.3) is 0 Å². The van der Waals surface area contributed by atoms with Gasteiger partial charge in [-0.3, -0.25) is 4.79 Å². The minimum Gasteiger partial charge on any atom is -0.336 e. The van der Waals surface area contributed by atoms with Gasteiger partial charge in [0.25, 0.3) is 5.91 Å². The number of amides is 1. The molecule has 5 heteroatoms. The summed E-state index contributed by atoms with van der Waals surface area (Å²) < 4.78 is 0.750. The first-order valence-corrected chi connectivity index (χ1v) is 6.26. The Morgan fingerprint density at radius 3 is 2.75 bits per heavy atom. The summed E-state index contributed by atoms with van der Waals surface area (Å²) in [6, 6.07) is 1.84. The molecule has 0 N–H and O–H groups in total. The topological polar surface area (TPSA) is 33.2 Å². The third-order valence-corrected chi connectivity index (χ3v) is 3.00. The van der Waals surface area contributed by atoms with E-state index in [1.165, 1.54) is 0 Å². The minimum absolute atomic E-state index is 0.0868. The van der Waals surface area contributed by atoms with Crippen molar-refractivity contribution in [3.8, 4) is 0 Å². The molecule has 1 aromatic heterocycles. The van der Waals surface area contributed by atoms with Gasteiger partial charge in [0.05, 0.1) is 5.56 Å². The molecule has 16 heavy (non-hydrogen) atoms. The zero-order chi connectivity index (χ0) is 12.3. The Morgan fingerprint density at radius 1 is 1.62 bits per heavy atom. The standard InChI is InChI=1S/C11H14BrClN2O/c1-4-15(7(2)3)11(16)9-5-8(12)6-14-10(9)13/h5-7H,4H2,1-3H3. The molecule has 0 aromatic carbocycles. The average molecular weight is 306 g/mol. The number of halogens is 2. The summed E-state index contributed by atoms with van der Waals surface area (Å²) >= 11 is 9.20. The number of pyridine rings is 1. The Kier molecular flexibility index (Phi) is 4.74. The third kappa shape index (κ3) is 2.95. The molecule has 0 radical (unpaired) electrons. The van der Waals surface area contributed by atoms with E-state index in [4.69, 9.17) is 11.6 Å². The van der Waals surface area contributed by atoms with Crippen molar-refractivity contribution < 1.29 is 4.79 Å². The third-order valence-electron chi connectivity index (χ3n) is 2.26. The van der Waals surface area contributed by atoms with Gasteiger partial charge in [-0.2, -0.15) is 0 Å². The summed E-state index contributed by atoms with van der Waals surface area (Å²) in [6.45, 7) is 6.54. The van der Waals surface area contributed by atoms with Crippen LogP contribution in [0.3, 0.4) is 0 Å². The van der Waals surface area contributed by atoms with Crippen LogP contribution in [0, 0.1) is 0 Å². The van der Waals surface area contributed by atoms with Crippen molar-refractivity contribution in [2.75, 3.05) is 6.54 Å². The lowest BCUT2D eigenvalue weighted by Gasteiger charge is -2.25. The first-order chi connectivity index (χ1) is 7.47. The summed E-state index contributed by atoms with van der Waals surface area (Å²) in [5.41, 5.74) is 0.437. The van der Waals surface area contributed by atoms with Crippen LogP contribution in [0.15, 0.2) is 16.7 Å². The predicted molar refractivity (Wildman–Crippen MR) is 68.8 cm³/mol. The first-order valence-electron chi connectivity index (χ1n) is 5.09. The number of rotatable bonds is 3. The van der Waals surface area contributed by atoms with E-state index in [0.717, 1.165) is 4.47 Å². The van der Waals surface area contributed by atoms with Crippen LogP contribution in [0.5, 0.6) is 0 Å². The first kappa shape index (κ1) is 13.5. The molecular formula is C11H14BrClN2O. The Balaban J connectivity index is 3.08. The average Bonchev–Trinajstić information content (AvgIpc) is 2.22. The lowest BCUT2D eigenvalue weighted by Crippen LogP contribution is -2.36. The summed E-state index contributed by atoms with van der Waals surface area (Å²) in [6.07, 6.45) is 1.57. The van der Waals surface area contributed by atoms with Gasteiger partial charge in [0, 0.05) is 23.3 Å². The normalized spacial score (nSPS) is 10.6. The number of aromatic nitrogens is 1. The number of carbonyl (C=O) groups excluding carboxylic acids is 1. The molecule has 1 rings (SSSR count). The smallest absolute Gasteiger partial charge is 0.257 e. The molecule has 1 heterocycles. The molecule has 1 aromatic rings. The maximum absolute atomic E-state index is 12.2. The SMILES string of the molecule is CCN(C(=O)c1cc(Br)cnc1Cl)C(C)C. The van der Waals surface area contributed by atoms with Crippen molar-refractivity contribution in [1.82, 2.24) is 9.88 Å². The highest BCUT2D eigenvalue weighted by Crippen LogP contribution is 2.20. The lowest BCUT2D eigenvalue weighted by atomic mass is 10.2. The molecule has 1 amide bonds. The lowest BCUT2D eigenvalue weighted by molar-refractivity contribution is 0.0716. The van der Waals surface area contributed by atoms with Gasteiger partial charge in [-0.15, -0.1) is 0 Å². The summed E-state index contributed by atoms with van der Waals surface area (Å²) in [5.74, 6) is -0.0868. The van der Waals surface area contributed by atoms with E-state index in [2.05, 4.69) is 20.9 Å². The van der Waals surface area contributed by atoms with Crippen LogP contribution >= 0.6 is 27.5 Å². The highest BCUT2D eigenvalue weighted by molar-refractivity contribution is 9.10. The molecule has 0 bridgehead atoms. The Morgan fingerprint density at radius 2 is 2.25 bits per heavy atom. The van der Waals surface area contributed by atoms with Crippen molar-refractivity contribution in [2.24, 2.45) is 0 Å². The largest absolute Gasteiger partial charge is 0.336 e. The van der Waals surface area contributed by atoms with Crippen LogP contribution < -0.4 is 0 Å². The van der Waals surface area contributed by atoms with Gasteiger partial charge < -0.3 is 4.90 Å². The molecule has 0 aliphatic carbocycles. The quantitative estimate of drug-likeness (QED) is 0.802. The second kappa shape index (κ2) is 5.64. The van der Waals surface area contributed by atoms with Crippen molar-refractivity contribution in [1.29, 1.82) is 0 Å². The van der Waals surface area contributed by atoms with Gasteiger partial charge in [0.1, 0.15) is 5.15 Å². The highest BCUT2D eigenvalue weighted by Gasteiger charge is 2.20. The maximum atomic E-state index is 12.2. The fraction of sp³-hybridized carbons (Fsp3) is 0.455. The Bertz CT molecular complexity index is 396. The fourth-order valence-corrected chi connectivity index (χ4v) is 1.99. The summed E-state index contributed by atoms with van der Waals surface area (Å²) in [5, 5.41) is 0.243. The van der Waals surface area contributed by atoms with E-state index in [1.54, 1.807) is 17.2 Å². The molecule has 88 valence electrons. The van der Waals surface area contributed by atoms with E-state index in [-0.39, 0.29) is 17.1 Å².